The Morgan fingerprint density at radius 2 is 2.14 bits per heavy atom. The summed E-state index contributed by atoms with van der Waals surface area (Å²) in [4.78, 5) is 20.4. The van der Waals surface area contributed by atoms with Crippen molar-refractivity contribution in [3.05, 3.63) is 36.5 Å². The van der Waals surface area contributed by atoms with E-state index in [1.165, 1.54) is 0 Å². The Morgan fingerprint density at radius 3 is 2.67 bits per heavy atom. The largest absolute Gasteiger partial charge is 0.323 e. The van der Waals surface area contributed by atoms with Crippen molar-refractivity contribution >= 4 is 11.6 Å². The van der Waals surface area contributed by atoms with Crippen LogP contribution in [0.4, 0.5) is 5.69 Å². The first-order valence-electron chi connectivity index (χ1n) is 7.00. The maximum atomic E-state index is 11.9. The number of hydrogen-bond donors (Lipinski definition) is 2. The second kappa shape index (κ2) is 6.49. The van der Waals surface area contributed by atoms with E-state index in [0.29, 0.717) is 18.0 Å². The summed E-state index contributed by atoms with van der Waals surface area (Å²) >= 11 is 0. The molecule has 0 bridgehead atoms. The molecule has 0 aliphatic rings. The summed E-state index contributed by atoms with van der Waals surface area (Å²) in [6.45, 7) is 5.98. The fourth-order valence-corrected chi connectivity index (χ4v) is 2.07. The van der Waals surface area contributed by atoms with E-state index in [4.69, 9.17) is 5.73 Å². The van der Waals surface area contributed by atoms with Gasteiger partial charge in [0, 0.05) is 12.4 Å². The van der Waals surface area contributed by atoms with Gasteiger partial charge >= 0.3 is 0 Å². The SMILES string of the molecule is Cc1nccn1-c1ccc(NC(=O)[C@@H](N)CC(C)C)cn1. The molecule has 0 aliphatic carbocycles. The van der Waals surface area contributed by atoms with Gasteiger partial charge in [0.1, 0.15) is 11.6 Å². The normalized spacial score (nSPS) is 12.4. The number of nitrogens with two attached hydrogens (primary N) is 1. The third kappa shape index (κ3) is 3.88. The molecule has 2 rings (SSSR count). The summed E-state index contributed by atoms with van der Waals surface area (Å²) in [6, 6.07) is 3.14. The van der Waals surface area contributed by atoms with Crippen molar-refractivity contribution in [3.63, 3.8) is 0 Å². The van der Waals surface area contributed by atoms with Crippen LogP contribution in [-0.2, 0) is 4.79 Å². The van der Waals surface area contributed by atoms with Crippen LogP contribution in [-0.4, -0.2) is 26.5 Å². The highest BCUT2D eigenvalue weighted by molar-refractivity contribution is 5.94. The number of nitrogens with one attached hydrogen (secondary N) is 1. The minimum absolute atomic E-state index is 0.183. The standard InChI is InChI=1S/C15H21N5O/c1-10(2)8-13(16)15(21)19-12-4-5-14(18-9-12)20-7-6-17-11(20)3/h4-7,9-10,13H,8,16H2,1-3H3,(H,19,21)/t13-/m0/s1. The zero-order chi connectivity index (χ0) is 15.4. The molecule has 0 radical (unpaired) electrons. The monoisotopic (exact) mass is 287 g/mol. The quantitative estimate of drug-likeness (QED) is 0.879. The number of aromatic nitrogens is 3. The van der Waals surface area contributed by atoms with Gasteiger partial charge in [0.2, 0.25) is 5.91 Å². The highest BCUT2D eigenvalue weighted by atomic mass is 16.2. The Bertz CT molecular complexity index is 603. The van der Waals surface area contributed by atoms with Crippen molar-refractivity contribution in [3.8, 4) is 5.82 Å². The van der Waals surface area contributed by atoms with Crippen LogP contribution >= 0.6 is 0 Å². The van der Waals surface area contributed by atoms with E-state index in [2.05, 4.69) is 15.3 Å². The summed E-state index contributed by atoms with van der Waals surface area (Å²) in [5.74, 6) is 1.82. The van der Waals surface area contributed by atoms with E-state index in [-0.39, 0.29) is 5.91 Å². The number of imidazole rings is 1. The van der Waals surface area contributed by atoms with Crippen molar-refractivity contribution in [1.82, 2.24) is 14.5 Å². The summed E-state index contributed by atoms with van der Waals surface area (Å²) < 4.78 is 1.87. The van der Waals surface area contributed by atoms with E-state index in [1.54, 1.807) is 12.4 Å². The Balaban J connectivity index is 2.03. The molecule has 0 unspecified atom stereocenters. The number of carbonyl (C=O) groups excluding carboxylic acids is 1. The number of rotatable bonds is 5. The van der Waals surface area contributed by atoms with Gasteiger partial charge in [-0.2, -0.15) is 0 Å². The summed E-state index contributed by atoms with van der Waals surface area (Å²) in [5, 5.41) is 2.78. The average molecular weight is 287 g/mol. The molecule has 21 heavy (non-hydrogen) atoms. The van der Waals surface area contributed by atoms with Crippen LogP contribution < -0.4 is 11.1 Å². The van der Waals surface area contributed by atoms with Crippen LogP contribution in [0.3, 0.4) is 0 Å². The lowest BCUT2D eigenvalue weighted by atomic mass is 10.0. The van der Waals surface area contributed by atoms with Gasteiger partial charge in [0.05, 0.1) is 17.9 Å². The van der Waals surface area contributed by atoms with Gasteiger partial charge in [-0.15, -0.1) is 0 Å². The Kier molecular flexibility index (Phi) is 4.70. The van der Waals surface area contributed by atoms with Gasteiger partial charge < -0.3 is 11.1 Å². The first-order valence-corrected chi connectivity index (χ1v) is 7.00. The van der Waals surface area contributed by atoms with Crippen LogP contribution in [0.5, 0.6) is 0 Å². The number of anilines is 1. The second-order valence-corrected chi connectivity index (χ2v) is 5.47. The lowest BCUT2D eigenvalue weighted by Crippen LogP contribution is -2.36. The number of carbonyl (C=O) groups is 1. The maximum Gasteiger partial charge on any atom is 0.241 e. The first-order chi connectivity index (χ1) is 9.97. The first kappa shape index (κ1) is 15.2. The minimum Gasteiger partial charge on any atom is -0.323 e. The van der Waals surface area contributed by atoms with Gasteiger partial charge in [-0.25, -0.2) is 9.97 Å². The van der Waals surface area contributed by atoms with E-state index >= 15 is 0 Å². The average Bonchev–Trinajstić information content (AvgIpc) is 2.85. The molecular weight excluding hydrogens is 266 g/mol. The maximum absolute atomic E-state index is 11.9. The predicted molar refractivity (Wildman–Crippen MR) is 82.2 cm³/mol. The van der Waals surface area contributed by atoms with E-state index < -0.39 is 6.04 Å². The molecule has 2 heterocycles. The van der Waals surface area contributed by atoms with E-state index in [0.717, 1.165) is 11.6 Å². The zero-order valence-corrected chi connectivity index (χ0v) is 12.6. The molecule has 0 fully saturated rings. The fourth-order valence-electron chi connectivity index (χ4n) is 2.07. The molecule has 6 nitrogen and oxygen atoms in total. The van der Waals surface area contributed by atoms with Crippen LogP contribution in [0.15, 0.2) is 30.7 Å². The highest BCUT2D eigenvalue weighted by Gasteiger charge is 2.15. The number of amides is 1. The van der Waals surface area contributed by atoms with E-state index in [1.807, 2.05) is 43.7 Å². The molecule has 0 saturated carbocycles. The van der Waals surface area contributed by atoms with Crippen LogP contribution in [0, 0.1) is 12.8 Å². The molecule has 2 aromatic rings. The Morgan fingerprint density at radius 1 is 1.38 bits per heavy atom. The van der Waals surface area contributed by atoms with Crippen molar-refractivity contribution in [2.24, 2.45) is 11.7 Å². The lowest BCUT2D eigenvalue weighted by molar-refractivity contribution is -0.117. The third-order valence-corrected chi connectivity index (χ3v) is 3.15. The minimum atomic E-state index is -0.499. The second-order valence-electron chi connectivity index (χ2n) is 5.47. The van der Waals surface area contributed by atoms with Gasteiger partial charge in [-0.05, 0) is 31.4 Å². The molecule has 0 aromatic carbocycles. The molecule has 2 aromatic heterocycles. The zero-order valence-electron chi connectivity index (χ0n) is 12.6. The number of pyridine rings is 1. The van der Waals surface area contributed by atoms with E-state index in [9.17, 15) is 4.79 Å². The molecular formula is C15H21N5O. The van der Waals surface area contributed by atoms with Crippen LogP contribution in [0.1, 0.15) is 26.1 Å². The van der Waals surface area contributed by atoms with Gasteiger partial charge in [0.15, 0.2) is 0 Å². The number of hydrogen-bond acceptors (Lipinski definition) is 4. The molecule has 6 heteroatoms. The highest BCUT2D eigenvalue weighted by Crippen LogP contribution is 2.12. The summed E-state index contributed by atoms with van der Waals surface area (Å²) in [5.41, 5.74) is 6.49. The number of aryl methyl sites for hydroxylation is 1. The predicted octanol–water partition coefficient (Wildman–Crippen LogP) is 1.89. The molecule has 0 spiro atoms. The van der Waals surface area contributed by atoms with Crippen LogP contribution in [0.2, 0.25) is 0 Å². The smallest absolute Gasteiger partial charge is 0.241 e. The van der Waals surface area contributed by atoms with Crippen molar-refractivity contribution in [1.29, 1.82) is 0 Å². The third-order valence-electron chi connectivity index (χ3n) is 3.15. The molecule has 1 atom stereocenters. The molecule has 1 amide bonds. The van der Waals surface area contributed by atoms with Crippen molar-refractivity contribution < 1.29 is 4.79 Å². The summed E-state index contributed by atoms with van der Waals surface area (Å²) in [7, 11) is 0. The molecule has 3 N–H and O–H groups in total. The molecule has 112 valence electrons. The summed E-state index contributed by atoms with van der Waals surface area (Å²) in [6.07, 6.45) is 5.84. The Hall–Kier alpha value is -2.21. The topological polar surface area (TPSA) is 85.8 Å². The van der Waals surface area contributed by atoms with Crippen LogP contribution in [0.25, 0.3) is 5.82 Å². The van der Waals surface area contributed by atoms with Gasteiger partial charge in [-0.1, -0.05) is 13.8 Å². The number of nitrogens with zero attached hydrogens (tertiary/aromatic N) is 3. The fraction of sp³-hybridized carbons (Fsp3) is 0.400. The van der Waals surface area contributed by atoms with Gasteiger partial charge in [0.25, 0.3) is 0 Å². The van der Waals surface area contributed by atoms with Gasteiger partial charge in [-0.3, -0.25) is 9.36 Å². The lowest BCUT2D eigenvalue weighted by Gasteiger charge is -2.14. The molecule has 0 saturated heterocycles. The molecule has 0 aliphatic heterocycles. The Labute approximate surface area is 124 Å². The van der Waals surface area contributed by atoms with Crippen molar-refractivity contribution in [2.45, 2.75) is 33.2 Å². The van der Waals surface area contributed by atoms with Crippen molar-refractivity contribution in [2.75, 3.05) is 5.32 Å².